The molecule has 0 radical (unpaired) electrons. The Morgan fingerprint density at radius 1 is 1.62 bits per heavy atom. The normalized spacial score (nSPS) is 10.5. The smallest absolute Gasteiger partial charge is 0.373 e. The van der Waals surface area contributed by atoms with Crippen LogP contribution in [-0.4, -0.2) is 23.1 Å². The van der Waals surface area contributed by atoms with Gasteiger partial charge in [0.15, 0.2) is 0 Å². The lowest BCUT2D eigenvalue weighted by atomic mass is 10.1. The molecule has 0 saturated carbocycles. The first kappa shape index (κ1) is 9.57. The van der Waals surface area contributed by atoms with E-state index in [-0.39, 0.29) is 17.7 Å². The molecule has 13 heavy (non-hydrogen) atoms. The second-order valence-corrected chi connectivity index (χ2v) is 2.94. The maximum atomic E-state index is 10.7. The van der Waals surface area contributed by atoms with E-state index in [2.05, 4.69) is 10.3 Å². The topological polar surface area (TPSA) is 75.4 Å². The van der Waals surface area contributed by atoms with Gasteiger partial charge in [0, 0.05) is 7.05 Å². The Morgan fingerprint density at radius 2 is 2.23 bits per heavy atom. The average molecular weight is 184 g/mol. The number of carboxylic acids is 1. The summed E-state index contributed by atoms with van der Waals surface area (Å²) in [5.74, 6) is -1.13. The summed E-state index contributed by atoms with van der Waals surface area (Å²) in [6.45, 7) is 3.73. The molecule has 0 saturated heterocycles. The van der Waals surface area contributed by atoms with E-state index in [9.17, 15) is 4.79 Å². The van der Waals surface area contributed by atoms with Crippen LogP contribution in [0.3, 0.4) is 0 Å². The van der Waals surface area contributed by atoms with Crippen molar-refractivity contribution in [1.82, 2.24) is 4.98 Å². The minimum absolute atomic E-state index is 0.0388. The van der Waals surface area contributed by atoms with Crippen LogP contribution in [-0.2, 0) is 0 Å². The minimum Gasteiger partial charge on any atom is -0.475 e. The van der Waals surface area contributed by atoms with Crippen molar-refractivity contribution in [3.8, 4) is 0 Å². The SMILES string of the molecule is CNc1nc(C(C)C)c(C(=O)O)o1. The maximum Gasteiger partial charge on any atom is 0.373 e. The van der Waals surface area contributed by atoms with Gasteiger partial charge in [0.1, 0.15) is 0 Å². The molecule has 1 aromatic heterocycles. The molecular formula is C8H12N2O3. The summed E-state index contributed by atoms with van der Waals surface area (Å²) < 4.78 is 4.96. The van der Waals surface area contributed by atoms with Gasteiger partial charge in [-0.25, -0.2) is 4.79 Å². The number of anilines is 1. The molecule has 0 bridgehead atoms. The summed E-state index contributed by atoms with van der Waals surface area (Å²) in [7, 11) is 1.63. The van der Waals surface area contributed by atoms with Crippen molar-refractivity contribution in [2.24, 2.45) is 0 Å². The number of nitrogens with zero attached hydrogens (tertiary/aromatic N) is 1. The lowest BCUT2D eigenvalue weighted by Crippen LogP contribution is -2.01. The Bertz CT molecular complexity index is 317. The fourth-order valence-electron chi connectivity index (χ4n) is 0.983. The Hall–Kier alpha value is -1.52. The number of hydrogen-bond donors (Lipinski definition) is 2. The molecule has 2 N–H and O–H groups in total. The molecule has 1 rings (SSSR count). The van der Waals surface area contributed by atoms with Gasteiger partial charge in [-0.15, -0.1) is 0 Å². The van der Waals surface area contributed by atoms with E-state index in [1.807, 2.05) is 13.8 Å². The molecule has 0 unspecified atom stereocenters. The van der Waals surface area contributed by atoms with Gasteiger partial charge in [0.25, 0.3) is 6.01 Å². The van der Waals surface area contributed by atoms with E-state index in [1.165, 1.54) is 0 Å². The van der Waals surface area contributed by atoms with Crippen LogP contribution in [0.1, 0.15) is 36.0 Å². The molecular weight excluding hydrogens is 172 g/mol. The van der Waals surface area contributed by atoms with Crippen molar-refractivity contribution < 1.29 is 14.3 Å². The van der Waals surface area contributed by atoms with E-state index in [0.29, 0.717) is 5.69 Å². The lowest BCUT2D eigenvalue weighted by molar-refractivity contribution is 0.0661. The Labute approximate surface area is 75.8 Å². The number of aromatic nitrogens is 1. The standard InChI is InChI=1S/C8H12N2O3/c1-4(2)5-6(7(11)12)13-8(9-3)10-5/h4H,1-3H3,(H,9,10)(H,11,12). The van der Waals surface area contributed by atoms with Gasteiger partial charge in [-0.3, -0.25) is 0 Å². The minimum atomic E-state index is -1.09. The van der Waals surface area contributed by atoms with E-state index < -0.39 is 5.97 Å². The third-order valence-electron chi connectivity index (χ3n) is 1.61. The summed E-state index contributed by atoms with van der Waals surface area (Å²) in [4.78, 5) is 14.7. The number of aromatic carboxylic acids is 1. The Balaban J connectivity index is 3.15. The Morgan fingerprint density at radius 3 is 2.54 bits per heavy atom. The molecule has 0 fully saturated rings. The quantitative estimate of drug-likeness (QED) is 0.745. The average Bonchev–Trinajstić information content (AvgIpc) is 2.47. The zero-order valence-corrected chi connectivity index (χ0v) is 7.79. The maximum absolute atomic E-state index is 10.7. The van der Waals surface area contributed by atoms with Crippen molar-refractivity contribution in [1.29, 1.82) is 0 Å². The van der Waals surface area contributed by atoms with Crippen LogP contribution < -0.4 is 5.32 Å². The van der Waals surface area contributed by atoms with Gasteiger partial charge in [0.2, 0.25) is 5.76 Å². The first-order valence-electron chi connectivity index (χ1n) is 3.98. The molecule has 0 aliphatic heterocycles. The van der Waals surface area contributed by atoms with E-state index in [1.54, 1.807) is 7.05 Å². The molecule has 5 heteroatoms. The highest BCUT2D eigenvalue weighted by atomic mass is 16.4. The molecule has 5 nitrogen and oxygen atoms in total. The molecule has 1 heterocycles. The van der Waals surface area contributed by atoms with E-state index in [4.69, 9.17) is 9.52 Å². The van der Waals surface area contributed by atoms with Crippen LogP contribution in [0.2, 0.25) is 0 Å². The largest absolute Gasteiger partial charge is 0.475 e. The third-order valence-corrected chi connectivity index (χ3v) is 1.61. The lowest BCUT2D eigenvalue weighted by Gasteiger charge is -1.98. The summed E-state index contributed by atoms with van der Waals surface area (Å²) >= 11 is 0. The highest BCUT2D eigenvalue weighted by Gasteiger charge is 2.20. The molecule has 0 atom stereocenters. The van der Waals surface area contributed by atoms with Gasteiger partial charge in [-0.05, 0) is 5.92 Å². The van der Waals surface area contributed by atoms with Crippen LogP contribution in [0.25, 0.3) is 0 Å². The third kappa shape index (κ3) is 1.80. The van der Waals surface area contributed by atoms with Crippen LogP contribution in [0.15, 0.2) is 4.42 Å². The zero-order valence-electron chi connectivity index (χ0n) is 7.79. The molecule has 0 aliphatic carbocycles. The summed E-state index contributed by atoms with van der Waals surface area (Å²) in [6.07, 6.45) is 0. The molecule has 1 aromatic rings. The van der Waals surface area contributed by atoms with Gasteiger partial charge in [0.05, 0.1) is 5.69 Å². The number of oxazole rings is 1. The molecule has 0 aliphatic rings. The van der Waals surface area contributed by atoms with Crippen LogP contribution in [0, 0.1) is 0 Å². The second-order valence-electron chi connectivity index (χ2n) is 2.94. The van der Waals surface area contributed by atoms with Crippen LogP contribution in [0.4, 0.5) is 6.01 Å². The number of carboxylic acid groups (broad SMARTS) is 1. The summed E-state index contributed by atoms with van der Waals surface area (Å²) in [5, 5.41) is 11.4. The predicted octanol–water partition coefficient (Wildman–Crippen LogP) is 1.54. The highest BCUT2D eigenvalue weighted by Crippen LogP contribution is 2.22. The van der Waals surface area contributed by atoms with Gasteiger partial charge >= 0.3 is 5.97 Å². The fraction of sp³-hybridized carbons (Fsp3) is 0.500. The van der Waals surface area contributed by atoms with Crippen molar-refractivity contribution in [3.63, 3.8) is 0 Å². The van der Waals surface area contributed by atoms with E-state index >= 15 is 0 Å². The van der Waals surface area contributed by atoms with Crippen molar-refractivity contribution in [2.75, 3.05) is 12.4 Å². The first-order valence-corrected chi connectivity index (χ1v) is 3.98. The van der Waals surface area contributed by atoms with Gasteiger partial charge in [-0.1, -0.05) is 13.8 Å². The van der Waals surface area contributed by atoms with Crippen molar-refractivity contribution in [2.45, 2.75) is 19.8 Å². The predicted molar refractivity (Wildman–Crippen MR) is 47.1 cm³/mol. The number of nitrogens with one attached hydrogen (secondary N) is 1. The Kier molecular flexibility index (Phi) is 2.55. The van der Waals surface area contributed by atoms with Crippen LogP contribution >= 0.6 is 0 Å². The second kappa shape index (κ2) is 3.47. The molecule has 0 amide bonds. The fourth-order valence-corrected chi connectivity index (χ4v) is 0.983. The number of hydrogen-bond acceptors (Lipinski definition) is 4. The van der Waals surface area contributed by atoms with Crippen LogP contribution in [0.5, 0.6) is 0 Å². The monoisotopic (exact) mass is 184 g/mol. The van der Waals surface area contributed by atoms with E-state index in [0.717, 1.165) is 0 Å². The van der Waals surface area contributed by atoms with Crippen molar-refractivity contribution in [3.05, 3.63) is 11.5 Å². The zero-order chi connectivity index (χ0) is 10.0. The van der Waals surface area contributed by atoms with Gasteiger partial charge < -0.3 is 14.8 Å². The first-order chi connectivity index (χ1) is 6.06. The van der Waals surface area contributed by atoms with Crippen molar-refractivity contribution >= 4 is 12.0 Å². The molecule has 0 aromatic carbocycles. The summed E-state index contributed by atoms with van der Waals surface area (Å²) in [6, 6.07) is 0.237. The number of rotatable bonds is 3. The molecule has 72 valence electrons. The summed E-state index contributed by atoms with van der Waals surface area (Å²) in [5.41, 5.74) is 0.469. The van der Waals surface area contributed by atoms with Gasteiger partial charge in [-0.2, -0.15) is 4.98 Å². The highest BCUT2D eigenvalue weighted by molar-refractivity contribution is 5.86. The number of carbonyl (C=O) groups is 1. The molecule has 0 spiro atoms.